The van der Waals surface area contributed by atoms with E-state index < -0.39 is 0 Å². The highest BCUT2D eigenvalue weighted by atomic mass is 16.3. The van der Waals surface area contributed by atoms with E-state index in [1.165, 1.54) is 0 Å². The first kappa shape index (κ1) is 18.2. The molecular formula is C22H26N2O2. The second-order valence-electron chi connectivity index (χ2n) is 7.00. The number of benzene rings is 2. The van der Waals surface area contributed by atoms with Gasteiger partial charge in [-0.1, -0.05) is 37.1 Å². The summed E-state index contributed by atoms with van der Waals surface area (Å²) < 4.78 is 0. The van der Waals surface area contributed by atoms with Crippen LogP contribution in [0.2, 0.25) is 0 Å². The molecule has 3 rings (SSSR count). The van der Waals surface area contributed by atoms with Crippen molar-refractivity contribution >= 4 is 12.4 Å². The molecule has 0 amide bonds. The zero-order valence-corrected chi connectivity index (χ0v) is 15.4. The summed E-state index contributed by atoms with van der Waals surface area (Å²) in [5.41, 5.74) is 3.19. The van der Waals surface area contributed by atoms with Crippen LogP contribution in [-0.2, 0) is 0 Å². The van der Waals surface area contributed by atoms with Crippen molar-refractivity contribution in [2.45, 2.75) is 51.6 Å². The zero-order chi connectivity index (χ0) is 18.5. The molecule has 1 aliphatic carbocycles. The van der Waals surface area contributed by atoms with Crippen LogP contribution in [0.25, 0.3) is 0 Å². The summed E-state index contributed by atoms with van der Waals surface area (Å²) in [6, 6.07) is 11.6. The second-order valence-corrected chi connectivity index (χ2v) is 7.00. The lowest BCUT2D eigenvalue weighted by molar-refractivity contribution is 0.390. The fraction of sp³-hybridized carbons (Fsp3) is 0.364. The van der Waals surface area contributed by atoms with Crippen LogP contribution < -0.4 is 0 Å². The molecule has 0 bridgehead atoms. The van der Waals surface area contributed by atoms with E-state index >= 15 is 0 Å². The molecule has 2 aromatic carbocycles. The topological polar surface area (TPSA) is 65.2 Å². The molecule has 0 heterocycles. The van der Waals surface area contributed by atoms with Gasteiger partial charge in [-0.05, 0) is 49.9 Å². The molecular weight excluding hydrogens is 324 g/mol. The van der Waals surface area contributed by atoms with E-state index in [0.717, 1.165) is 47.9 Å². The average molecular weight is 350 g/mol. The summed E-state index contributed by atoms with van der Waals surface area (Å²) >= 11 is 0. The quantitative estimate of drug-likeness (QED) is 0.794. The van der Waals surface area contributed by atoms with Gasteiger partial charge < -0.3 is 10.2 Å². The van der Waals surface area contributed by atoms with Crippen molar-refractivity contribution in [3.8, 4) is 11.5 Å². The van der Waals surface area contributed by atoms with Crippen LogP contribution in [0, 0.1) is 13.8 Å². The summed E-state index contributed by atoms with van der Waals surface area (Å²) in [6.07, 6.45) is 7.80. The number of aromatic hydroxyl groups is 2. The van der Waals surface area contributed by atoms with Gasteiger partial charge in [0, 0.05) is 23.6 Å². The lowest BCUT2D eigenvalue weighted by Crippen LogP contribution is -2.27. The van der Waals surface area contributed by atoms with Crippen molar-refractivity contribution in [3.05, 3.63) is 58.7 Å². The van der Waals surface area contributed by atoms with Crippen molar-refractivity contribution in [1.82, 2.24) is 0 Å². The van der Waals surface area contributed by atoms with Gasteiger partial charge in [-0.25, -0.2) is 0 Å². The molecule has 0 radical (unpaired) electrons. The monoisotopic (exact) mass is 350 g/mol. The van der Waals surface area contributed by atoms with Crippen molar-refractivity contribution in [1.29, 1.82) is 0 Å². The molecule has 0 aromatic heterocycles. The molecule has 1 aliphatic rings. The summed E-state index contributed by atoms with van der Waals surface area (Å²) in [5, 5.41) is 20.3. The Morgan fingerprint density at radius 1 is 0.769 bits per heavy atom. The molecule has 1 saturated carbocycles. The highest BCUT2D eigenvalue weighted by molar-refractivity contribution is 5.85. The average Bonchev–Trinajstić information content (AvgIpc) is 2.65. The van der Waals surface area contributed by atoms with Gasteiger partial charge in [-0.3, -0.25) is 9.98 Å². The molecule has 4 nitrogen and oxygen atoms in total. The first-order valence-electron chi connectivity index (χ1n) is 9.20. The Hall–Kier alpha value is -2.62. The summed E-state index contributed by atoms with van der Waals surface area (Å²) in [4.78, 5) is 9.46. The maximum atomic E-state index is 10.2. The van der Waals surface area contributed by atoms with Gasteiger partial charge in [-0.2, -0.15) is 0 Å². The van der Waals surface area contributed by atoms with Gasteiger partial charge in [0.05, 0.1) is 12.1 Å². The molecule has 136 valence electrons. The van der Waals surface area contributed by atoms with E-state index in [2.05, 4.69) is 0 Å². The minimum atomic E-state index is 0.104. The van der Waals surface area contributed by atoms with Gasteiger partial charge in [0.25, 0.3) is 0 Å². The number of hydrogen-bond donors (Lipinski definition) is 2. The first-order valence-corrected chi connectivity index (χ1v) is 9.20. The number of aryl methyl sites for hydroxylation is 2. The number of phenols is 2. The number of para-hydroxylation sites is 2. The van der Waals surface area contributed by atoms with E-state index in [4.69, 9.17) is 9.98 Å². The molecule has 26 heavy (non-hydrogen) atoms. The zero-order valence-electron chi connectivity index (χ0n) is 15.4. The molecule has 0 saturated heterocycles. The van der Waals surface area contributed by atoms with Crippen LogP contribution >= 0.6 is 0 Å². The number of rotatable bonds is 4. The Kier molecular flexibility index (Phi) is 5.71. The molecule has 2 N–H and O–H groups in total. The van der Waals surface area contributed by atoms with E-state index in [1.54, 1.807) is 12.4 Å². The third kappa shape index (κ3) is 4.13. The maximum absolute atomic E-state index is 10.2. The Labute approximate surface area is 155 Å². The maximum Gasteiger partial charge on any atom is 0.127 e. The molecule has 0 aliphatic heterocycles. The highest BCUT2D eigenvalue weighted by Gasteiger charge is 2.23. The summed E-state index contributed by atoms with van der Waals surface area (Å²) in [6.45, 7) is 3.77. The molecule has 2 atom stereocenters. The number of nitrogens with zero attached hydrogens (tertiary/aromatic N) is 2. The summed E-state index contributed by atoms with van der Waals surface area (Å²) in [7, 11) is 0. The third-order valence-electron chi connectivity index (χ3n) is 5.04. The Balaban J connectivity index is 1.77. The predicted molar refractivity (Wildman–Crippen MR) is 107 cm³/mol. The van der Waals surface area contributed by atoms with Gasteiger partial charge in [0.1, 0.15) is 11.5 Å². The fourth-order valence-corrected chi connectivity index (χ4v) is 3.36. The van der Waals surface area contributed by atoms with Crippen molar-refractivity contribution in [3.63, 3.8) is 0 Å². The van der Waals surface area contributed by atoms with Crippen molar-refractivity contribution < 1.29 is 10.2 Å². The molecule has 0 spiro atoms. The second kappa shape index (κ2) is 8.17. The SMILES string of the molecule is Cc1cccc(C=NC2CCCCC2N=Cc2cccc(C)c2O)c1O. The van der Waals surface area contributed by atoms with Crippen molar-refractivity contribution in [2.24, 2.45) is 9.98 Å². The molecule has 1 fully saturated rings. The van der Waals surface area contributed by atoms with E-state index in [0.29, 0.717) is 0 Å². The summed E-state index contributed by atoms with van der Waals surface area (Å²) in [5.74, 6) is 0.577. The third-order valence-corrected chi connectivity index (χ3v) is 5.04. The molecule has 2 unspecified atom stereocenters. The van der Waals surface area contributed by atoms with Gasteiger partial charge in [0.2, 0.25) is 0 Å². The Bertz CT molecular complexity index is 757. The fourth-order valence-electron chi connectivity index (χ4n) is 3.36. The first-order chi connectivity index (χ1) is 12.6. The van der Waals surface area contributed by atoms with Crippen LogP contribution in [0.4, 0.5) is 0 Å². The van der Waals surface area contributed by atoms with Crippen molar-refractivity contribution in [2.75, 3.05) is 0 Å². The molecule has 4 heteroatoms. The number of hydrogen-bond acceptors (Lipinski definition) is 4. The van der Waals surface area contributed by atoms with E-state index in [1.807, 2.05) is 50.2 Å². The largest absolute Gasteiger partial charge is 0.507 e. The minimum Gasteiger partial charge on any atom is -0.507 e. The predicted octanol–water partition coefficient (Wildman–Crippen LogP) is 4.56. The van der Waals surface area contributed by atoms with Crippen LogP contribution in [0.5, 0.6) is 11.5 Å². The van der Waals surface area contributed by atoms with E-state index in [-0.39, 0.29) is 23.6 Å². The lowest BCUT2D eigenvalue weighted by atomic mass is 9.91. The van der Waals surface area contributed by atoms with Crippen LogP contribution in [0.1, 0.15) is 47.9 Å². The number of aliphatic imine (C=N–C) groups is 2. The highest BCUT2D eigenvalue weighted by Crippen LogP contribution is 2.26. The lowest BCUT2D eigenvalue weighted by Gasteiger charge is -2.25. The minimum absolute atomic E-state index is 0.104. The van der Waals surface area contributed by atoms with Crippen LogP contribution in [0.15, 0.2) is 46.4 Å². The van der Waals surface area contributed by atoms with Crippen LogP contribution in [0.3, 0.4) is 0 Å². The van der Waals surface area contributed by atoms with Crippen LogP contribution in [-0.4, -0.2) is 34.7 Å². The molecule has 2 aromatic rings. The standard InChI is InChI=1S/C22H26N2O2/c1-15-7-5-9-17(21(15)25)13-23-19-11-3-4-12-20(19)24-14-18-10-6-8-16(2)22(18)26/h5-10,13-14,19-20,25-26H,3-4,11-12H2,1-2H3. The Morgan fingerprint density at radius 2 is 1.19 bits per heavy atom. The van der Waals surface area contributed by atoms with E-state index in [9.17, 15) is 10.2 Å². The van der Waals surface area contributed by atoms with Gasteiger partial charge in [0.15, 0.2) is 0 Å². The normalized spacial score (nSPS) is 20.8. The number of phenolic OH excluding ortho intramolecular Hbond substituents is 2. The smallest absolute Gasteiger partial charge is 0.127 e. The Morgan fingerprint density at radius 3 is 1.62 bits per heavy atom. The van der Waals surface area contributed by atoms with Gasteiger partial charge >= 0.3 is 0 Å². The van der Waals surface area contributed by atoms with Gasteiger partial charge in [-0.15, -0.1) is 0 Å².